The number of furan rings is 1. The molecule has 0 radical (unpaired) electrons. The first kappa shape index (κ1) is 10.3. The van der Waals surface area contributed by atoms with Crippen LogP contribution in [0.4, 0.5) is 0 Å². The number of nitrogens with zero attached hydrogens (tertiary/aromatic N) is 2. The van der Waals surface area contributed by atoms with E-state index in [1.807, 2.05) is 0 Å². The van der Waals surface area contributed by atoms with Gasteiger partial charge in [-0.3, -0.25) is 9.59 Å². The van der Waals surface area contributed by atoms with Gasteiger partial charge in [-0.05, 0) is 19.1 Å². The number of carbonyl (C=O) groups excluding carboxylic acids is 1. The average molecular weight is 220 g/mol. The fourth-order valence-corrected chi connectivity index (χ4v) is 1.40. The maximum atomic E-state index is 11.5. The first-order valence-electron chi connectivity index (χ1n) is 4.54. The molecule has 1 aliphatic rings. The van der Waals surface area contributed by atoms with Crippen molar-refractivity contribution >= 4 is 23.4 Å². The summed E-state index contributed by atoms with van der Waals surface area (Å²) in [5.41, 5.74) is 0.207. The lowest BCUT2D eigenvalue weighted by atomic mass is 10.0. The van der Waals surface area contributed by atoms with Crippen molar-refractivity contribution in [2.75, 3.05) is 0 Å². The summed E-state index contributed by atoms with van der Waals surface area (Å²) in [7, 11) is 0. The molecule has 16 heavy (non-hydrogen) atoms. The van der Waals surface area contributed by atoms with E-state index < -0.39 is 17.8 Å². The Morgan fingerprint density at radius 1 is 1.50 bits per heavy atom. The minimum Gasteiger partial charge on any atom is -0.480 e. The van der Waals surface area contributed by atoms with Gasteiger partial charge in [-0.15, -0.1) is 0 Å². The minimum atomic E-state index is -1.28. The molecule has 0 bridgehead atoms. The number of carboxylic acids is 1. The highest BCUT2D eigenvalue weighted by Crippen LogP contribution is 2.14. The third-order valence-electron chi connectivity index (χ3n) is 2.15. The Morgan fingerprint density at radius 3 is 2.75 bits per heavy atom. The van der Waals surface area contributed by atoms with Gasteiger partial charge in [0.05, 0.1) is 6.26 Å². The van der Waals surface area contributed by atoms with Crippen LogP contribution in [0.2, 0.25) is 0 Å². The molecule has 6 nitrogen and oxygen atoms in total. The minimum absolute atomic E-state index is 0.116. The van der Waals surface area contributed by atoms with Crippen molar-refractivity contribution in [2.24, 2.45) is 15.9 Å². The highest BCUT2D eigenvalue weighted by molar-refractivity contribution is 6.26. The van der Waals surface area contributed by atoms with Crippen molar-refractivity contribution in [3.8, 4) is 0 Å². The molecular formula is C10H8N2O4. The molecule has 0 saturated carbocycles. The maximum Gasteiger partial charge on any atom is 0.321 e. The summed E-state index contributed by atoms with van der Waals surface area (Å²) in [5, 5.41) is 8.80. The van der Waals surface area contributed by atoms with E-state index in [9.17, 15) is 9.59 Å². The summed E-state index contributed by atoms with van der Waals surface area (Å²) >= 11 is 0. The molecule has 1 amide bonds. The van der Waals surface area contributed by atoms with Gasteiger partial charge < -0.3 is 9.52 Å². The molecule has 0 saturated heterocycles. The number of aliphatic imine (C=N–C) groups is 2. The van der Waals surface area contributed by atoms with Crippen LogP contribution in [0.15, 0.2) is 32.8 Å². The molecule has 0 fully saturated rings. The van der Waals surface area contributed by atoms with Crippen LogP contribution >= 0.6 is 0 Å². The number of carboxylic acid groups (broad SMARTS) is 1. The van der Waals surface area contributed by atoms with Gasteiger partial charge in [0.15, 0.2) is 17.5 Å². The summed E-state index contributed by atoms with van der Waals surface area (Å²) in [6.45, 7) is 1.48. The predicted molar refractivity (Wildman–Crippen MR) is 54.5 cm³/mol. The van der Waals surface area contributed by atoms with Gasteiger partial charge in [0.25, 0.3) is 5.91 Å². The molecule has 0 aliphatic carbocycles. The lowest BCUT2D eigenvalue weighted by molar-refractivity contribution is -0.143. The Balaban J connectivity index is 2.38. The summed E-state index contributed by atoms with van der Waals surface area (Å²) in [4.78, 5) is 29.8. The second-order valence-electron chi connectivity index (χ2n) is 3.28. The summed E-state index contributed by atoms with van der Waals surface area (Å²) in [6, 6.07) is 3.24. The van der Waals surface area contributed by atoms with E-state index in [1.54, 1.807) is 12.1 Å². The van der Waals surface area contributed by atoms with Crippen LogP contribution in [0.5, 0.6) is 0 Å². The second-order valence-corrected chi connectivity index (χ2v) is 3.28. The third-order valence-corrected chi connectivity index (χ3v) is 2.15. The summed E-state index contributed by atoms with van der Waals surface area (Å²) in [5.74, 6) is -2.79. The van der Waals surface area contributed by atoms with E-state index >= 15 is 0 Å². The van der Waals surface area contributed by atoms with Crippen LogP contribution in [-0.4, -0.2) is 28.5 Å². The molecule has 1 aromatic heterocycles. The van der Waals surface area contributed by atoms with Crippen LogP contribution < -0.4 is 0 Å². The van der Waals surface area contributed by atoms with Crippen LogP contribution in [0.25, 0.3) is 0 Å². The van der Waals surface area contributed by atoms with Gasteiger partial charge in [-0.25, -0.2) is 4.99 Å². The zero-order valence-corrected chi connectivity index (χ0v) is 8.38. The van der Waals surface area contributed by atoms with Gasteiger partial charge in [-0.1, -0.05) is 0 Å². The van der Waals surface area contributed by atoms with E-state index in [-0.39, 0.29) is 11.5 Å². The molecule has 6 heteroatoms. The molecule has 1 aromatic rings. The molecule has 1 atom stereocenters. The van der Waals surface area contributed by atoms with E-state index in [1.165, 1.54) is 13.2 Å². The largest absolute Gasteiger partial charge is 0.480 e. The summed E-state index contributed by atoms with van der Waals surface area (Å²) in [6.07, 6.45) is 1.43. The number of hydrogen-bond acceptors (Lipinski definition) is 4. The van der Waals surface area contributed by atoms with E-state index in [0.717, 1.165) is 0 Å². The molecule has 1 aliphatic heterocycles. The highest BCUT2D eigenvalue weighted by atomic mass is 16.4. The fraction of sp³-hybridized carbons (Fsp3) is 0.200. The molecule has 2 heterocycles. The average Bonchev–Trinajstić information content (AvgIpc) is 2.67. The molecule has 1 unspecified atom stereocenters. The van der Waals surface area contributed by atoms with Crippen LogP contribution in [-0.2, 0) is 9.59 Å². The highest BCUT2D eigenvalue weighted by Gasteiger charge is 2.33. The van der Waals surface area contributed by atoms with Crippen molar-refractivity contribution < 1.29 is 19.1 Å². The Morgan fingerprint density at radius 2 is 2.25 bits per heavy atom. The van der Waals surface area contributed by atoms with Crippen molar-refractivity contribution in [3.63, 3.8) is 0 Å². The first-order chi connectivity index (χ1) is 7.59. The van der Waals surface area contributed by atoms with E-state index in [4.69, 9.17) is 9.52 Å². The number of rotatable bonds is 2. The van der Waals surface area contributed by atoms with Gasteiger partial charge in [0.1, 0.15) is 0 Å². The van der Waals surface area contributed by atoms with Crippen LogP contribution in [0.1, 0.15) is 12.7 Å². The molecule has 2 rings (SSSR count). The Bertz CT molecular complexity index is 499. The zero-order chi connectivity index (χ0) is 11.7. The van der Waals surface area contributed by atoms with Crippen molar-refractivity contribution in [3.05, 3.63) is 24.2 Å². The van der Waals surface area contributed by atoms with Gasteiger partial charge in [-0.2, -0.15) is 4.99 Å². The number of amides is 1. The van der Waals surface area contributed by atoms with Crippen molar-refractivity contribution in [1.82, 2.24) is 0 Å². The van der Waals surface area contributed by atoms with Gasteiger partial charge in [0.2, 0.25) is 0 Å². The van der Waals surface area contributed by atoms with E-state index in [2.05, 4.69) is 9.98 Å². The number of hydrogen-bond donors (Lipinski definition) is 1. The van der Waals surface area contributed by atoms with Crippen molar-refractivity contribution in [2.45, 2.75) is 6.92 Å². The van der Waals surface area contributed by atoms with Crippen LogP contribution in [0.3, 0.4) is 0 Å². The van der Waals surface area contributed by atoms with E-state index in [0.29, 0.717) is 5.76 Å². The van der Waals surface area contributed by atoms with Crippen LogP contribution in [0, 0.1) is 5.92 Å². The molecule has 82 valence electrons. The Labute approximate surface area is 90.3 Å². The SMILES string of the molecule is CC1=NC(c2ccco2)=NC(=O)C1C(=O)O. The monoisotopic (exact) mass is 220 g/mol. The fourth-order valence-electron chi connectivity index (χ4n) is 1.40. The van der Waals surface area contributed by atoms with Gasteiger partial charge in [0, 0.05) is 5.71 Å². The smallest absolute Gasteiger partial charge is 0.321 e. The maximum absolute atomic E-state index is 11.5. The standard InChI is InChI=1S/C10H8N2O4/c1-5-7(10(14)15)9(13)12-8(11-5)6-3-2-4-16-6/h2-4,7H,1H3,(H,14,15). The molecule has 0 aromatic carbocycles. The molecule has 0 spiro atoms. The lowest BCUT2D eigenvalue weighted by Gasteiger charge is -2.13. The third kappa shape index (κ3) is 1.65. The van der Waals surface area contributed by atoms with Gasteiger partial charge >= 0.3 is 5.97 Å². The number of aliphatic carboxylic acids is 1. The quantitative estimate of drug-likeness (QED) is 0.743. The normalized spacial score (nSPS) is 20.3. The zero-order valence-electron chi connectivity index (χ0n) is 8.38. The topological polar surface area (TPSA) is 92.2 Å². The first-order valence-corrected chi connectivity index (χ1v) is 4.54. The van der Waals surface area contributed by atoms with Crippen molar-refractivity contribution in [1.29, 1.82) is 0 Å². The molecule has 1 N–H and O–H groups in total. The predicted octanol–water partition coefficient (Wildman–Crippen LogP) is 0.728. The Hall–Kier alpha value is -2.24. The Kier molecular flexibility index (Phi) is 2.40. The lowest BCUT2D eigenvalue weighted by Crippen LogP contribution is -2.33. The number of carbonyl (C=O) groups is 2. The number of amidine groups is 1. The second kappa shape index (κ2) is 3.73. The molecular weight excluding hydrogens is 212 g/mol. The summed E-state index contributed by atoms with van der Waals surface area (Å²) < 4.78 is 5.03.